The zero-order chi connectivity index (χ0) is 13.3. The van der Waals surface area contributed by atoms with Crippen LogP contribution in [0.25, 0.3) is 10.2 Å². The topological polar surface area (TPSA) is 12.9 Å². The van der Waals surface area contributed by atoms with Crippen LogP contribution in [0, 0.1) is 24.7 Å². The van der Waals surface area contributed by atoms with Gasteiger partial charge in [0.2, 0.25) is 0 Å². The number of aromatic nitrogens is 1. The summed E-state index contributed by atoms with van der Waals surface area (Å²) in [5.74, 6) is 3.03. The van der Waals surface area contributed by atoms with Crippen molar-refractivity contribution in [1.29, 1.82) is 0 Å². The molecule has 4 saturated carbocycles. The minimum atomic E-state index is 0.465. The largest absolute Gasteiger partial charge is 0.241 e. The van der Waals surface area contributed by atoms with Crippen molar-refractivity contribution in [3.8, 4) is 0 Å². The van der Waals surface area contributed by atoms with Crippen molar-refractivity contribution in [2.75, 3.05) is 0 Å². The first-order valence-electron chi connectivity index (χ1n) is 8.08. The zero-order valence-electron chi connectivity index (χ0n) is 12.1. The number of hydrogen-bond donors (Lipinski definition) is 0. The number of rotatable bonds is 1. The molecule has 1 heterocycles. The predicted molar refractivity (Wildman–Crippen MR) is 84.2 cm³/mol. The van der Waals surface area contributed by atoms with Crippen molar-refractivity contribution in [2.24, 2.45) is 17.8 Å². The SMILES string of the molecule is Cc1ccc2nc(C34CC5CC(CC(C5)C3)C4)sc2c1. The Balaban J connectivity index is 1.63. The molecule has 1 aromatic heterocycles. The molecule has 4 aliphatic carbocycles. The Morgan fingerprint density at radius 3 is 2.35 bits per heavy atom. The van der Waals surface area contributed by atoms with E-state index in [0.717, 1.165) is 17.8 Å². The number of aryl methyl sites for hydroxylation is 1. The lowest BCUT2D eigenvalue weighted by Gasteiger charge is -2.56. The van der Waals surface area contributed by atoms with Crippen LogP contribution < -0.4 is 0 Å². The van der Waals surface area contributed by atoms with Gasteiger partial charge in [0.1, 0.15) is 5.01 Å². The van der Waals surface area contributed by atoms with E-state index in [1.807, 2.05) is 11.3 Å². The van der Waals surface area contributed by atoms with Crippen molar-refractivity contribution in [1.82, 2.24) is 4.98 Å². The van der Waals surface area contributed by atoms with Crippen LogP contribution in [0.2, 0.25) is 0 Å². The number of nitrogens with zero attached hydrogens (tertiary/aromatic N) is 1. The molecule has 0 atom stereocenters. The van der Waals surface area contributed by atoms with Gasteiger partial charge in [-0.2, -0.15) is 0 Å². The minimum Gasteiger partial charge on any atom is -0.241 e. The lowest BCUT2D eigenvalue weighted by molar-refractivity contribution is -0.00518. The molecule has 4 aliphatic rings. The van der Waals surface area contributed by atoms with Crippen molar-refractivity contribution >= 4 is 21.6 Å². The van der Waals surface area contributed by atoms with E-state index < -0.39 is 0 Å². The van der Waals surface area contributed by atoms with Crippen LogP contribution in [0.15, 0.2) is 18.2 Å². The summed E-state index contributed by atoms with van der Waals surface area (Å²) in [6.45, 7) is 2.18. The second-order valence-corrected chi connectivity index (χ2v) is 8.72. The normalized spacial score (nSPS) is 38.8. The third kappa shape index (κ3) is 1.57. The van der Waals surface area contributed by atoms with Crippen LogP contribution in [-0.4, -0.2) is 4.98 Å². The highest BCUT2D eigenvalue weighted by Gasteiger charge is 2.52. The molecule has 0 unspecified atom stereocenters. The molecule has 1 nitrogen and oxygen atoms in total. The standard InChI is InChI=1S/C18H21NS/c1-11-2-3-15-16(4-11)20-17(19-15)18-8-12-5-13(9-18)7-14(6-12)10-18/h2-4,12-14H,5-10H2,1H3. The van der Waals surface area contributed by atoms with Gasteiger partial charge < -0.3 is 0 Å². The number of thiazole rings is 1. The molecule has 4 bridgehead atoms. The fourth-order valence-corrected chi connectivity index (χ4v) is 6.91. The maximum Gasteiger partial charge on any atom is 0.100 e. The van der Waals surface area contributed by atoms with Gasteiger partial charge in [-0.1, -0.05) is 6.07 Å². The van der Waals surface area contributed by atoms with Crippen LogP contribution in [0.1, 0.15) is 49.1 Å². The molecule has 0 radical (unpaired) electrons. The van der Waals surface area contributed by atoms with Crippen LogP contribution in [0.5, 0.6) is 0 Å². The highest BCUT2D eigenvalue weighted by atomic mass is 32.1. The van der Waals surface area contributed by atoms with Crippen LogP contribution >= 0.6 is 11.3 Å². The van der Waals surface area contributed by atoms with Gasteiger partial charge in [-0.05, 0) is 80.9 Å². The van der Waals surface area contributed by atoms with Gasteiger partial charge in [0.15, 0.2) is 0 Å². The van der Waals surface area contributed by atoms with Gasteiger partial charge in [0, 0.05) is 5.41 Å². The third-order valence-corrected chi connectivity index (χ3v) is 7.30. The highest BCUT2D eigenvalue weighted by molar-refractivity contribution is 7.18. The summed E-state index contributed by atoms with van der Waals surface area (Å²) >= 11 is 1.99. The molecule has 0 N–H and O–H groups in total. The van der Waals surface area contributed by atoms with E-state index in [9.17, 15) is 0 Å². The maximum atomic E-state index is 5.06. The van der Waals surface area contributed by atoms with Gasteiger partial charge in [-0.15, -0.1) is 11.3 Å². The zero-order valence-corrected chi connectivity index (χ0v) is 12.9. The smallest absolute Gasteiger partial charge is 0.100 e. The van der Waals surface area contributed by atoms with Crippen molar-refractivity contribution in [2.45, 2.75) is 50.9 Å². The molecular formula is C18H21NS. The van der Waals surface area contributed by atoms with Crippen molar-refractivity contribution < 1.29 is 0 Å². The average molecular weight is 283 g/mol. The molecule has 0 aliphatic heterocycles. The summed E-state index contributed by atoms with van der Waals surface area (Å²) in [7, 11) is 0. The van der Waals surface area contributed by atoms with E-state index in [0.29, 0.717) is 5.41 Å². The predicted octanol–water partition coefficient (Wildman–Crippen LogP) is 5.07. The molecule has 2 aromatic rings. The lowest BCUT2D eigenvalue weighted by atomic mass is 9.50. The van der Waals surface area contributed by atoms with E-state index in [1.54, 1.807) is 0 Å². The molecule has 20 heavy (non-hydrogen) atoms. The number of fused-ring (bicyclic) bond motifs is 1. The first kappa shape index (κ1) is 11.7. The number of benzene rings is 1. The molecule has 0 saturated heterocycles. The molecule has 6 rings (SSSR count). The van der Waals surface area contributed by atoms with Gasteiger partial charge in [-0.3, -0.25) is 0 Å². The molecular weight excluding hydrogens is 262 g/mol. The summed E-state index contributed by atoms with van der Waals surface area (Å²) < 4.78 is 1.40. The van der Waals surface area contributed by atoms with Gasteiger partial charge >= 0.3 is 0 Å². The fraction of sp³-hybridized carbons (Fsp3) is 0.611. The summed E-state index contributed by atoms with van der Waals surface area (Å²) in [6.07, 6.45) is 8.84. The van der Waals surface area contributed by atoms with E-state index >= 15 is 0 Å². The first-order chi connectivity index (χ1) is 9.70. The Morgan fingerprint density at radius 1 is 1.05 bits per heavy atom. The third-order valence-electron chi connectivity index (χ3n) is 6.04. The Morgan fingerprint density at radius 2 is 1.70 bits per heavy atom. The van der Waals surface area contributed by atoms with E-state index in [-0.39, 0.29) is 0 Å². The van der Waals surface area contributed by atoms with Crippen LogP contribution in [0.4, 0.5) is 0 Å². The van der Waals surface area contributed by atoms with Gasteiger partial charge in [0.05, 0.1) is 10.2 Å². The molecule has 104 valence electrons. The van der Waals surface area contributed by atoms with Gasteiger partial charge in [0.25, 0.3) is 0 Å². The van der Waals surface area contributed by atoms with Crippen molar-refractivity contribution in [3.63, 3.8) is 0 Å². The van der Waals surface area contributed by atoms with Gasteiger partial charge in [-0.25, -0.2) is 4.98 Å². The molecule has 0 amide bonds. The maximum absolute atomic E-state index is 5.06. The Kier molecular flexibility index (Phi) is 2.26. The van der Waals surface area contributed by atoms with Crippen LogP contribution in [0.3, 0.4) is 0 Å². The minimum absolute atomic E-state index is 0.465. The molecule has 1 aromatic carbocycles. The lowest BCUT2D eigenvalue weighted by Crippen LogP contribution is -2.48. The second-order valence-electron chi connectivity index (χ2n) is 7.69. The number of hydrogen-bond acceptors (Lipinski definition) is 2. The average Bonchev–Trinajstić information content (AvgIpc) is 2.80. The molecule has 4 fully saturated rings. The highest BCUT2D eigenvalue weighted by Crippen LogP contribution is 2.61. The van der Waals surface area contributed by atoms with E-state index in [1.165, 1.54) is 59.3 Å². The Bertz CT molecular complexity index is 648. The first-order valence-corrected chi connectivity index (χ1v) is 8.89. The summed E-state index contributed by atoms with van der Waals surface area (Å²) in [6, 6.07) is 6.73. The quantitative estimate of drug-likeness (QED) is 0.712. The molecule has 0 spiro atoms. The van der Waals surface area contributed by atoms with Crippen molar-refractivity contribution in [3.05, 3.63) is 28.8 Å². The summed E-state index contributed by atoms with van der Waals surface area (Å²) in [5, 5.41) is 1.47. The second kappa shape index (κ2) is 3.85. The fourth-order valence-electron chi connectivity index (χ4n) is 5.63. The Hall–Kier alpha value is -0.890. The Labute approximate surface area is 124 Å². The van der Waals surface area contributed by atoms with Crippen LogP contribution in [-0.2, 0) is 5.41 Å². The summed E-state index contributed by atoms with van der Waals surface area (Å²) in [5.41, 5.74) is 3.05. The summed E-state index contributed by atoms with van der Waals surface area (Å²) in [4.78, 5) is 5.06. The van der Waals surface area contributed by atoms with E-state index in [4.69, 9.17) is 4.98 Å². The van der Waals surface area contributed by atoms with E-state index in [2.05, 4.69) is 25.1 Å². The molecule has 2 heteroatoms. The monoisotopic (exact) mass is 283 g/mol.